The van der Waals surface area contributed by atoms with Crippen LogP contribution >= 0.6 is 0 Å². The monoisotopic (exact) mass is 619 g/mol. The van der Waals surface area contributed by atoms with E-state index in [0.717, 1.165) is 5.39 Å². The van der Waals surface area contributed by atoms with Gasteiger partial charge in [0.05, 0.1) is 67.7 Å². The Labute approximate surface area is 255 Å². The fraction of sp³-hybridized carbons (Fsp3) is 0.0571. The Hall–Kier alpha value is -6.25. The Morgan fingerprint density at radius 3 is 1.74 bits per heavy atom. The number of alkyl halides is 6. The van der Waals surface area contributed by atoms with Crippen LogP contribution in [0.2, 0.25) is 0 Å². The summed E-state index contributed by atoms with van der Waals surface area (Å²) >= 11 is 0. The fourth-order valence-corrected chi connectivity index (χ4v) is 6.23. The fourth-order valence-electron chi connectivity index (χ4n) is 6.23. The van der Waals surface area contributed by atoms with Crippen molar-refractivity contribution in [2.45, 2.75) is 12.4 Å². The summed E-state index contributed by atoms with van der Waals surface area (Å²) in [6.45, 7) is 0. The molecule has 0 saturated carbocycles. The van der Waals surface area contributed by atoms with Crippen molar-refractivity contribution in [3.8, 4) is 29.6 Å². The van der Waals surface area contributed by atoms with Gasteiger partial charge in [0.2, 0.25) is 0 Å². The Morgan fingerprint density at radius 2 is 1.15 bits per heavy atom. The van der Waals surface area contributed by atoms with E-state index in [4.69, 9.17) is 0 Å². The van der Waals surface area contributed by atoms with Crippen LogP contribution in [0.25, 0.3) is 55.0 Å². The molecule has 222 valence electrons. The highest BCUT2D eigenvalue weighted by molar-refractivity contribution is 6.26. The van der Waals surface area contributed by atoms with Crippen LogP contribution < -0.4 is 0 Å². The lowest BCUT2D eigenvalue weighted by atomic mass is 10.0. The van der Waals surface area contributed by atoms with Crippen molar-refractivity contribution < 1.29 is 26.3 Å². The van der Waals surface area contributed by atoms with Gasteiger partial charge in [-0.25, -0.2) is 0 Å². The van der Waals surface area contributed by atoms with Gasteiger partial charge in [0, 0.05) is 27.2 Å². The summed E-state index contributed by atoms with van der Waals surface area (Å²) in [5, 5.41) is 31.8. The summed E-state index contributed by atoms with van der Waals surface area (Å²) in [4.78, 5) is 0. The molecule has 0 N–H and O–H groups in total. The van der Waals surface area contributed by atoms with E-state index >= 15 is 0 Å². The van der Waals surface area contributed by atoms with Gasteiger partial charge >= 0.3 is 12.4 Å². The molecule has 0 unspecified atom stereocenters. The van der Waals surface area contributed by atoms with Gasteiger partial charge in [-0.05, 0) is 48.5 Å². The first-order valence-corrected chi connectivity index (χ1v) is 13.6. The molecule has 2 heterocycles. The first kappa shape index (κ1) is 28.5. The number of aromatic nitrogens is 2. The average Bonchev–Trinajstić information content (AvgIpc) is 3.55. The van der Waals surface area contributed by atoms with Gasteiger partial charge in [0.1, 0.15) is 6.07 Å². The molecular weight excluding hydrogens is 604 g/mol. The van der Waals surface area contributed by atoms with Gasteiger partial charge in [-0.15, -0.1) is 0 Å². The summed E-state index contributed by atoms with van der Waals surface area (Å²) < 4.78 is 87.9. The number of nitriles is 3. The predicted octanol–water partition coefficient (Wildman–Crippen LogP) is 9.53. The SMILES string of the molecule is N#Cc1cc(C#N)cc(-n2c3ccccc3c3ccc4c(c5ccccc5n4-c4c(C#N)cc(C(F)(F)F)cc4C(F)(F)F)c32)c1. The molecule has 0 amide bonds. The van der Waals surface area contributed by atoms with E-state index in [9.17, 15) is 42.1 Å². The van der Waals surface area contributed by atoms with Crippen LogP contribution in [0.5, 0.6) is 0 Å². The van der Waals surface area contributed by atoms with E-state index in [1.54, 1.807) is 54.6 Å². The minimum atomic E-state index is -5.25. The van der Waals surface area contributed by atoms with E-state index in [1.807, 2.05) is 22.8 Å². The van der Waals surface area contributed by atoms with E-state index in [-0.39, 0.29) is 28.2 Å². The molecule has 7 aromatic rings. The van der Waals surface area contributed by atoms with Gasteiger partial charge in [-0.3, -0.25) is 0 Å². The smallest absolute Gasteiger partial charge is 0.308 e. The van der Waals surface area contributed by atoms with E-state index in [2.05, 4.69) is 12.1 Å². The first-order valence-electron chi connectivity index (χ1n) is 13.6. The normalized spacial score (nSPS) is 12.1. The lowest BCUT2D eigenvalue weighted by Gasteiger charge is -2.19. The molecule has 0 fully saturated rings. The third kappa shape index (κ3) is 4.16. The average molecular weight is 620 g/mol. The number of benzene rings is 5. The number of para-hydroxylation sites is 2. The van der Waals surface area contributed by atoms with Crippen molar-refractivity contribution in [3.05, 3.63) is 119 Å². The van der Waals surface area contributed by atoms with Crippen LogP contribution in [-0.4, -0.2) is 9.13 Å². The molecule has 0 bridgehead atoms. The van der Waals surface area contributed by atoms with E-state index in [0.29, 0.717) is 38.9 Å². The van der Waals surface area contributed by atoms with Crippen LogP contribution in [0, 0.1) is 34.0 Å². The van der Waals surface area contributed by atoms with Gasteiger partial charge < -0.3 is 9.13 Å². The molecule has 0 aliphatic heterocycles. The zero-order valence-electron chi connectivity index (χ0n) is 23.2. The molecule has 0 atom stereocenters. The third-order valence-corrected chi connectivity index (χ3v) is 7.99. The highest BCUT2D eigenvalue weighted by atomic mass is 19.4. The maximum absolute atomic E-state index is 14.6. The minimum Gasteiger partial charge on any atom is -0.308 e. The van der Waals surface area contributed by atoms with E-state index < -0.39 is 34.7 Å². The maximum Gasteiger partial charge on any atom is 0.418 e. The zero-order chi connectivity index (χ0) is 32.5. The summed E-state index contributed by atoms with van der Waals surface area (Å²) in [6.07, 6.45) is -10.4. The number of halogens is 6. The number of fused-ring (bicyclic) bond motifs is 7. The van der Waals surface area contributed by atoms with Gasteiger partial charge in [-0.2, -0.15) is 42.1 Å². The number of hydrogen-bond donors (Lipinski definition) is 0. The Morgan fingerprint density at radius 1 is 0.543 bits per heavy atom. The molecule has 0 aliphatic carbocycles. The minimum absolute atomic E-state index is 0.0309. The summed E-state index contributed by atoms with van der Waals surface area (Å²) in [6, 6.07) is 27.9. The van der Waals surface area contributed by atoms with Crippen molar-refractivity contribution in [1.82, 2.24) is 9.13 Å². The van der Waals surface area contributed by atoms with Crippen molar-refractivity contribution in [3.63, 3.8) is 0 Å². The van der Waals surface area contributed by atoms with Gasteiger partial charge in [-0.1, -0.05) is 42.5 Å². The summed E-state index contributed by atoms with van der Waals surface area (Å²) in [5.74, 6) is 0. The molecule has 5 aromatic carbocycles. The maximum atomic E-state index is 14.6. The molecule has 0 spiro atoms. The third-order valence-electron chi connectivity index (χ3n) is 7.99. The highest BCUT2D eigenvalue weighted by Crippen LogP contribution is 2.46. The quantitative estimate of drug-likeness (QED) is 0.181. The Bertz CT molecular complexity index is 2510. The molecule has 11 heteroatoms. The van der Waals surface area contributed by atoms with Crippen LogP contribution in [0.1, 0.15) is 27.8 Å². The molecular formula is C35H15F6N5. The van der Waals surface area contributed by atoms with Crippen molar-refractivity contribution in [2.75, 3.05) is 0 Å². The first-order chi connectivity index (χ1) is 22.0. The second-order valence-corrected chi connectivity index (χ2v) is 10.6. The molecule has 46 heavy (non-hydrogen) atoms. The lowest BCUT2D eigenvalue weighted by molar-refractivity contribution is -0.143. The molecule has 5 nitrogen and oxygen atoms in total. The van der Waals surface area contributed by atoms with Crippen molar-refractivity contribution in [1.29, 1.82) is 15.8 Å². The molecule has 0 saturated heterocycles. The Balaban J connectivity index is 1.73. The van der Waals surface area contributed by atoms with Crippen molar-refractivity contribution in [2.24, 2.45) is 0 Å². The van der Waals surface area contributed by atoms with Crippen LogP contribution in [0.3, 0.4) is 0 Å². The Kier molecular flexibility index (Phi) is 6.13. The highest BCUT2D eigenvalue weighted by Gasteiger charge is 2.41. The molecule has 0 aliphatic rings. The lowest BCUT2D eigenvalue weighted by Crippen LogP contribution is -2.16. The topological polar surface area (TPSA) is 81.2 Å². The molecule has 0 radical (unpaired) electrons. The van der Waals surface area contributed by atoms with E-state index in [1.165, 1.54) is 16.7 Å². The number of hydrogen-bond acceptors (Lipinski definition) is 3. The predicted molar refractivity (Wildman–Crippen MR) is 159 cm³/mol. The largest absolute Gasteiger partial charge is 0.418 e. The second-order valence-electron chi connectivity index (χ2n) is 10.6. The number of rotatable bonds is 2. The van der Waals surface area contributed by atoms with Gasteiger partial charge in [0.25, 0.3) is 0 Å². The summed E-state index contributed by atoms with van der Waals surface area (Å²) in [5.41, 5.74) is -2.19. The molecule has 2 aromatic heterocycles. The van der Waals surface area contributed by atoms with Crippen LogP contribution in [0.4, 0.5) is 26.3 Å². The van der Waals surface area contributed by atoms with Gasteiger partial charge in [0.15, 0.2) is 0 Å². The van der Waals surface area contributed by atoms with Crippen molar-refractivity contribution >= 4 is 43.6 Å². The standard InChI is InChI=1S/C35H15F6N5/c36-34(37,38)22-14-21(18-44)32(27(15-22)35(39,40)41)46-29-8-4-2-6-26(29)31-30(46)10-9-25-24-5-1-3-7-28(24)45(33(25)31)23-12-19(16-42)11-20(13-23)17-43/h1-15H. The summed E-state index contributed by atoms with van der Waals surface area (Å²) in [7, 11) is 0. The number of nitrogens with zero attached hydrogens (tertiary/aromatic N) is 5. The zero-order valence-corrected chi connectivity index (χ0v) is 23.2. The molecule has 7 rings (SSSR count). The van der Waals surface area contributed by atoms with Crippen LogP contribution in [0.15, 0.2) is 91.0 Å². The second kappa shape index (κ2) is 9.88. The van der Waals surface area contributed by atoms with Crippen LogP contribution in [-0.2, 0) is 12.4 Å².